The van der Waals surface area contributed by atoms with Crippen molar-refractivity contribution in [2.45, 2.75) is 83.2 Å². The van der Waals surface area contributed by atoms with Gasteiger partial charge < -0.3 is 23.7 Å². The Morgan fingerprint density at radius 1 is 0.818 bits per heavy atom. The van der Waals surface area contributed by atoms with Crippen LogP contribution in [0.2, 0.25) is 0 Å². The molecule has 5 heteroatoms. The first-order valence-electron chi connectivity index (χ1n) is 12.3. The van der Waals surface area contributed by atoms with Crippen molar-refractivity contribution in [2.75, 3.05) is 13.2 Å². The zero-order chi connectivity index (χ0) is 23.1. The molecule has 2 fully saturated rings. The molecule has 0 spiro atoms. The van der Waals surface area contributed by atoms with E-state index < -0.39 is 0 Å². The molecule has 0 bridgehead atoms. The number of ether oxygens (including phenoxy) is 4. The van der Waals surface area contributed by atoms with Gasteiger partial charge in [0.25, 0.3) is 0 Å². The molecule has 2 aromatic carbocycles. The van der Waals surface area contributed by atoms with Crippen LogP contribution in [0.3, 0.4) is 0 Å². The molecule has 5 nitrogen and oxygen atoms in total. The number of hydrogen-bond donors (Lipinski definition) is 0. The van der Waals surface area contributed by atoms with Crippen LogP contribution < -0.4 is 9.47 Å². The van der Waals surface area contributed by atoms with E-state index in [1.54, 1.807) is 6.92 Å². The Morgan fingerprint density at radius 2 is 1.27 bits per heavy atom. The van der Waals surface area contributed by atoms with Gasteiger partial charge in [-0.25, -0.2) is 0 Å². The smallest absolute Gasteiger partial charge is 0.199 e. The fraction of sp³-hybridized carbons (Fsp3) is 0.536. The van der Waals surface area contributed by atoms with Gasteiger partial charge in [0, 0.05) is 24.7 Å². The maximum Gasteiger partial charge on any atom is 0.199 e. The number of benzene rings is 2. The number of Topliss-reactive ketones (excluding diaryl/α,β-unsaturated/α-hetero) is 1. The summed E-state index contributed by atoms with van der Waals surface area (Å²) in [5, 5.41) is 0. The van der Waals surface area contributed by atoms with Gasteiger partial charge in [-0.15, -0.1) is 0 Å². The van der Waals surface area contributed by atoms with Gasteiger partial charge in [0.05, 0.1) is 13.2 Å². The fourth-order valence-electron chi connectivity index (χ4n) is 4.60. The maximum atomic E-state index is 11.8. The molecule has 0 aromatic heterocycles. The molecule has 2 atom stereocenters. The lowest BCUT2D eigenvalue weighted by Crippen LogP contribution is -2.26. The highest BCUT2D eigenvalue weighted by Crippen LogP contribution is 2.38. The van der Waals surface area contributed by atoms with E-state index in [9.17, 15) is 4.79 Å². The van der Waals surface area contributed by atoms with Crippen LogP contribution in [-0.4, -0.2) is 31.6 Å². The monoisotopic (exact) mass is 452 g/mol. The van der Waals surface area contributed by atoms with Gasteiger partial charge in [-0.05, 0) is 74.4 Å². The molecule has 0 saturated carbocycles. The summed E-state index contributed by atoms with van der Waals surface area (Å²) in [7, 11) is 0. The summed E-state index contributed by atoms with van der Waals surface area (Å²) in [6.45, 7) is 5.38. The minimum atomic E-state index is -0.300. The topological polar surface area (TPSA) is 54.0 Å². The first kappa shape index (κ1) is 23.8. The second-order valence-electron chi connectivity index (χ2n) is 9.41. The van der Waals surface area contributed by atoms with E-state index in [0.29, 0.717) is 6.42 Å². The molecule has 0 amide bonds. The second-order valence-corrected chi connectivity index (χ2v) is 9.41. The number of carbonyl (C=O) groups excluding carboxylic acids is 1. The Morgan fingerprint density at radius 3 is 1.64 bits per heavy atom. The van der Waals surface area contributed by atoms with Crippen molar-refractivity contribution in [1.82, 2.24) is 0 Å². The molecule has 2 unspecified atom stereocenters. The molecule has 2 saturated heterocycles. The van der Waals surface area contributed by atoms with Crippen LogP contribution in [0.5, 0.6) is 11.5 Å². The average Bonchev–Trinajstić information content (AvgIpc) is 2.85. The molecule has 2 aliphatic rings. The molecular weight excluding hydrogens is 416 g/mol. The maximum absolute atomic E-state index is 11.8. The number of ketones is 1. The largest absolute Gasteiger partial charge is 0.465 e. The Labute approximate surface area is 197 Å². The van der Waals surface area contributed by atoms with E-state index in [-0.39, 0.29) is 23.8 Å². The molecule has 2 heterocycles. The third-order valence-electron chi connectivity index (χ3n) is 6.77. The van der Waals surface area contributed by atoms with E-state index in [2.05, 4.69) is 31.2 Å². The van der Waals surface area contributed by atoms with Crippen LogP contribution in [0.1, 0.15) is 76.3 Å². The normalized spacial score (nSPS) is 22.8. The lowest BCUT2D eigenvalue weighted by Gasteiger charge is -2.32. The molecule has 2 aliphatic heterocycles. The lowest BCUT2D eigenvalue weighted by atomic mass is 9.72. The quantitative estimate of drug-likeness (QED) is 0.455. The summed E-state index contributed by atoms with van der Waals surface area (Å²) >= 11 is 0. The van der Waals surface area contributed by atoms with Gasteiger partial charge in [0.2, 0.25) is 0 Å². The lowest BCUT2D eigenvalue weighted by molar-refractivity contribution is -0.117. The van der Waals surface area contributed by atoms with Crippen molar-refractivity contribution in [3.63, 3.8) is 0 Å². The molecule has 178 valence electrons. The number of rotatable bonds is 9. The van der Waals surface area contributed by atoms with Crippen molar-refractivity contribution in [3.05, 3.63) is 59.7 Å². The van der Waals surface area contributed by atoms with Crippen molar-refractivity contribution in [3.8, 4) is 11.5 Å². The Kier molecular flexibility index (Phi) is 8.05. The predicted octanol–water partition coefficient (Wildman–Crippen LogP) is 6.17. The van der Waals surface area contributed by atoms with Crippen LogP contribution in [0.4, 0.5) is 0 Å². The van der Waals surface area contributed by atoms with Gasteiger partial charge >= 0.3 is 0 Å². The molecule has 0 aliphatic carbocycles. The van der Waals surface area contributed by atoms with Gasteiger partial charge in [-0.3, -0.25) is 0 Å². The van der Waals surface area contributed by atoms with Crippen LogP contribution >= 0.6 is 0 Å². The first-order chi connectivity index (χ1) is 16.0. The molecule has 4 rings (SSSR count). The minimum absolute atomic E-state index is 0.158. The second kappa shape index (κ2) is 11.2. The SMILES string of the molecule is CC(=O)CCC(C)(c1ccc(OC2CCCCO2)cc1)c1ccc(OC2CCCCO2)cc1. The summed E-state index contributed by atoms with van der Waals surface area (Å²) in [6.07, 6.45) is 7.28. The van der Waals surface area contributed by atoms with E-state index in [1.807, 2.05) is 24.3 Å². The van der Waals surface area contributed by atoms with Crippen LogP contribution in [0.25, 0.3) is 0 Å². The highest BCUT2D eigenvalue weighted by molar-refractivity contribution is 5.75. The summed E-state index contributed by atoms with van der Waals surface area (Å²) in [5.74, 6) is 1.83. The molecular formula is C28H36O5. The summed E-state index contributed by atoms with van der Waals surface area (Å²) < 4.78 is 23.4. The van der Waals surface area contributed by atoms with Crippen LogP contribution in [-0.2, 0) is 19.7 Å². The highest BCUT2D eigenvalue weighted by atomic mass is 16.7. The van der Waals surface area contributed by atoms with E-state index in [0.717, 1.165) is 80.8 Å². The minimum Gasteiger partial charge on any atom is -0.465 e. The van der Waals surface area contributed by atoms with Crippen molar-refractivity contribution in [1.29, 1.82) is 0 Å². The van der Waals surface area contributed by atoms with Crippen molar-refractivity contribution >= 4 is 5.78 Å². The van der Waals surface area contributed by atoms with E-state index in [4.69, 9.17) is 18.9 Å². The predicted molar refractivity (Wildman–Crippen MR) is 128 cm³/mol. The van der Waals surface area contributed by atoms with Crippen molar-refractivity contribution in [2.24, 2.45) is 0 Å². The Bertz CT molecular complexity index is 814. The van der Waals surface area contributed by atoms with Gasteiger partial charge in [-0.1, -0.05) is 31.2 Å². The molecule has 0 radical (unpaired) electrons. The number of hydrogen-bond acceptors (Lipinski definition) is 5. The molecule has 33 heavy (non-hydrogen) atoms. The average molecular weight is 453 g/mol. The zero-order valence-electron chi connectivity index (χ0n) is 19.9. The van der Waals surface area contributed by atoms with E-state index in [1.165, 1.54) is 0 Å². The third-order valence-corrected chi connectivity index (χ3v) is 6.77. The summed E-state index contributed by atoms with van der Waals surface area (Å²) in [4.78, 5) is 11.8. The Balaban J connectivity index is 1.50. The fourth-order valence-corrected chi connectivity index (χ4v) is 4.60. The zero-order valence-corrected chi connectivity index (χ0v) is 19.9. The highest BCUT2D eigenvalue weighted by Gasteiger charge is 2.29. The molecule has 0 N–H and O–H groups in total. The Hall–Kier alpha value is -2.37. The third kappa shape index (κ3) is 6.36. The standard InChI is InChI=1S/C28H36O5/c1-21(29)17-18-28(2,22-9-13-24(14-10-22)32-26-7-3-5-19-30-26)23-11-15-25(16-12-23)33-27-8-4-6-20-31-27/h9-16,26-27H,3-8,17-20H2,1-2H3. The van der Waals surface area contributed by atoms with Gasteiger partial charge in [-0.2, -0.15) is 0 Å². The van der Waals surface area contributed by atoms with Crippen LogP contribution in [0.15, 0.2) is 48.5 Å². The van der Waals surface area contributed by atoms with Gasteiger partial charge in [0.15, 0.2) is 12.6 Å². The number of carbonyl (C=O) groups is 1. The summed E-state index contributed by atoms with van der Waals surface area (Å²) in [6, 6.07) is 16.5. The summed E-state index contributed by atoms with van der Waals surface area (Å²) in [5.41, 5.74) is 2.01. The van der Waals surface area contributed by atoms with Crippen molar-refractivity contribution < 1.29 is 23.7 Å². The first-order valence-corrected chi connectivity index (χ1v) is 12.3. The molecule has 2 aromatic rings. The van der Waals surface area contributed by atoms with Gasteiger partial charge in [0.1, 0.15) is 17.3 Å². The van der Waals surface area contributed by atoms with Crippen LogP contribution in [0, 0.1) is 0 Å². The van der Waals surface area contributed by atoms with E-state index >= 15 is 0 Å².